The highest BCUT2D eigenvalue weighted by Gasteiger charge is 2.24. The molecule has 1 aliphatic rings. The number of carbonyl (C=O) groups excluding carboxylic acids is 1. The fraction of sp³-hybridized carbons (Fsp3) is 0.261. The van der Waals surface area contributed by atoms with Gasteiger partial charge in [-0.1, -0.05) is 18.2 Å². The molecular weight excluding hydrogens is 415 g/mol. The molecule has 1 saturated heterocycles. The van der Waals surface area contributed by atoms with Crippen molar-refractivity contribution in [3.63, 3.8) is 0 Å². The van der Waals surface area contributed by atoms with E-state index < -0.39 is 0 Å². The lowest BCUT2D eigenvalue weighted by molar-refractivity contribution is 0.0969. The number of carbonyl (C=O) groups is 1. The van der Waals surface area contributed by atoms with E-state index in [-0.39, 0.29) is 24.2 Å². The van der Waals surface area contributed by atoms with Gasteiger partial charge in [-0.25, -0.2) is 9.07 Å². The SMILES string of the molecule is O=C(NC(=S)N1CCC[C@@H](CO)C1)c1cn(-c2ccccc2)nc1-c1ccc(F)cc1. The molecule has 4 rings (SSSR count). The quantitative estimate of drug-likeness (QED) is 0.611. The number of nitrogens with zero attached hydrogens (tertiary/aromatic N) is 3. The fourth-order valence-corrected chi connectivity index (χ4v) is 3.97. The van der Waals surface area contributed by atoms with E-state index in [0.29, 0.717) is 28.5 Å². The number of aliphatic hydroxyl groups excluding tert-OH is 1. The number of aromatic nitrogens is 2. The molecule has 2 aromatic carbocycles. The summed E-state index contributed by atoms with van der Waals surface area (Å²) < 4.78 is 15.0. The number of rotatable bonds is 4. The van der Waals surface area contributed by atoms with E-state index >= 15 is 0 Å². The Morgan fingerprint density at radius 2 is 1.94 bits per heavy atom. The zero-order valence-electron chi connectivity index (χ0n) is 16.9. The lowest BCUT2D eigenvalue weighted by Gasteiger charge is -2.33. The first-order chi connectivity index (χ1) is 15.0. The van der Waals surface area contributed by atoms with Gasteiger partial charge in [0.1, 0.15) is 11.5 Å². The molecule has 31 heavy (non-hydrogen) atoms. The van der Waals surface area contributed by atoms with E-state index in [1.807, 2.05) is 35.2 Å². The molecule has 0 unspecified atom stereocenters. The second kappa shape index (κ2) is 9.36. The molecule has 1 aromatic heterocycles. The van der Waals surface area contributed by atoms with E-state index in [1.54, 1.807) is 23.0 Å². The predicted molar refractivity (Wildman–Crippen MR) is 120 cm³/mol. The van der Waals surface area contributed by atoms with Crippen LogP contribution in [0.25, 0.3) is 16.9 Å². The van der Waals surface area contributed by atoms with E-state index in [1.165, 1.54) is 12.1 Å². The smallest absolute Gasteiger partial charge is 0.261 e. The molecule has 0 spiro atoms. The first-order valence-electron chi connectivity index (χ1n) is 10.2. The Balaban J connectivity index is 1.62. The van der Waals surface area contributed by atoms with Crippen LogP contribution in [-0.2, 0) is 0 Å². The van der Waals surface area contributed by atoms with Crippen LogP contribution in [0.5, 0.6) is 0 Å². The van der Waals surface area contributed by atoms with Crippen LogP contribution in [0, 0.1) is 11.7 Å². The van der Waals surface area contributed by atoms with Gasteiger partial charge in [0.25, 0.3) is 5.91 Å². The third kappa shape index (κ3) is 4.81. The number of para-hydroxylation sites is 1. The molecule has 6 nitrogen and oxygen atoms in total. The van der Waals surface area contributed by atoms with Crippen molar-refractivity contribution >= 4 is 23.2 Å². The number of hydrogen-bond acceptors (Lipinski definition) is 4. The predicted octanol–water partition coefficient (Wildman–Crippen LogP) is 3.40. The maximum absolute atomic E-state index is 13.4. The number of nitrogens with one attached hydrogen (secondary N) is 1. The number of thiocarbonyl (C=S) groups is 1. The van der Waals surface area contributed by atoms with Crippen molar-refractivity contribution in [1.82, 2.24) is 20.0 Å². The first kappa shape index (κ1) is 21.1. The fourth-order valence-electron chi connectivity index (χ4n) is 3.72. The normalized spacial score (nSPS) is 16.2. The van der Waals surface area contributed by atoms with Crippen LogP contribution in [-0.4, -0.2) is 50.5 Å². The monoisotopic (exact) mass is 438 g/mol. The molecule has 1 amide bonds. The van der Waals surface area contributed by atoms with Crippen LogP contribution in [0.1, 0.15) is 23.2 Å². The minimum Gasteiger partial charge on any atom is -0.396 e. The number of likely N-dealkylation sites (tertiary alicyclic amines) is 1. The molecule has 1 aliphatic heterocycles. The van der Waals surface area contributed by atoms with Crippen LogP contribution in [0.3, 0.4) is 0 Å². The van der Waals surface area contributed by atoms with Crippen molar-refractivity contribution in [1.29, 1.82) is 0 Å². The molecule has 2 heterocycles. The van der Waals surface area contributed by atoms with Gasteiger partial charge in [-0.15, -0.1) is 0 Å². The summed E-state index contributed by atoms with van der Waals surface area (Å²) in [5.41, 5.74) is 2.21. The summed E-state index contributed by atoms with van der Waals surface area (Å²) in [7, 11) is 0. The highest BCUT2D eigenvalue weighted by molar-refractivity contribution is 7.80. The van der Waals surface area contributed by atoms with E-state index in [0.717, 1.165) is 25.1 Å². The largest absolute Gasteiger partial charge is 0.396 e. The topological polar surface area (TPSA) is 70.4 Å². The van der Waals surface area contributed by atoms with Gasteiger partial charge in [0, 0.05) is 31.5 Å². The summed E-state index contributed by atoms with van der Waals surface area (Å²) in [6.07, 6.45) is 3.51. The molecular formula is C23H23FN4O2S. The molecule has 8 heteroatoms. The van der Waals surface area contributed by atoms with Crippen LogP contribution in [0.15, 0.2) is 60.8 Å². The lowest BCUT2D eigenvalue weighted by Crippen LogP contribution is -2.47. The number of benzene rings is 2. The highest BCUT2D eigenvalue weighted by atomic mass is 32.1. The molecule has 1 fully saturated rings. The van der Waals surface area contributed by atoms with Gasteiger partial charge in [-0.3, -0.25) is 10.1 Å². The summed E-state index contributed by atoms with van der Waals surface area (Å²) in [4.78, 5) is 15.1. The van der Waals surface area contributed by atoms with Gasteiger partial charge in [-0.05, 0) is 67.4 Å². The Hall–Kier alpha value is -3.10. The van der Waals surface area contributed by atoms with Crippen molar-refractivity contribution in [3.8, 4) is 16.9 Å². The second-order valence-corrected chi connectivity index (χ2v) is 7.96. The molecule has 1 atom stereocenters. The second-order valence-electron chi connectivity index (χ2n) is 7.57. The minimum atomic E-state index is -0.377. The Bertz CT molecular complexity index is 1070. The van der Waals surface area contributed by atoms with Crippen LogP contribution in [0.4, 0.5) is 4.39 Å². The highest BCUT2D eigenvalue weighted by Crippen LogP contribution is 2.24. The zero-order valence-corrected chi connectivity index (χ0v) is 17.7. The Morgan fingerprint density at radius 1 is 1.19 bits per heavy atom. The van der Waals surface area contributed by atoms with Gasteiger partial charge < -0.3 is 10.0 Å². The Morgan fingerprint density at radius 3 is 2.65 bits per heavy atom. The lowest BCUT2D eigenvalue weighted by atomic mass is 9.99. The number of aliphatic hydroxyl groups is 1. The average molecular weight is 439 g/mol. The first-order valence-corrected chi connectivity index (χ1v) is 10.6. The van der Waals surface area contributed by atoms with E-state index in [9.17, 15) is 14.3 Å². The van der Waals surface area contributed by atoms with Crippen molar-refractivity contribution in [2.45, 2.75) is 12.8 Å². The maximum Gasteiger partial charge on any atom is 0.261 e. The van der Waals surface area contributed by atoms with Gasteiger partial charge in [-0.2, -0.15) is 5.10 Å². The summed E-state index contributed by atoms with van der Waals surface area (Å²) in [6.45, 7) is 1.46. The molecule has 0 saturated carbocycles. The molecule has 3 aromatic rings. The number of hydrogen-bond donors (Lipinski definition) is 2. The molecule has 2 N–H and O–H groups in total. The Labute approximate surface area is 185 Å². The summed E-state index contributed by atoms with van der Waals surface area (Å²) >= 11 is 5.46. The van der Waals surface area contributed by atoms with Crippen LogP contribution >= 0.6 is 12.2 Å². The van der Waals surface area contributed by atoms with Crippen LogP contribution in [0.2, 0.25) is 0 Å². The van der Waals surface area contributed by atoms with Gasteiger partial charge >= 0.3 is 0 Å². The third-order valence-electron chi connectivity index (χ3n) is 5.38. The number of piperidine rings is 1. The number of halogens is 1. The van der Waals surface area contributed by atoms with Crippen molar-refractivity contribution in [3.05, 3.63) is 72.2 Å². The summed E-state index contributed by atoms with van der Waals surface area (Å²) in [5.74, 6) is -0.584. The molecule has 160 valence electrons. The summed E-state index contributed by atoms with van der Waals surface area (Å²) in [6, 6.07) is 15.3. The Kier molecular flexibility index (Phi) is 6.39. The van der Waals surface area contributed by atoms with Crippen molar-refractivity contribution in [2.24, 2.45) is 5.92 Å². The minimum absolute atomic E-state index is 0.103. The molecule has 0 aliphatic carbocycles. The van der Waals surface area contributed by atoms with Crippen molar-refractivity contribution in [2.75, 3.05) is 19.7 Å². The molecule has 0 radical (unpaired) electrons. The van der Waals surface area contributed by atoms with E-state index in [2.05, 4.69) is 10.4 Å². The molecule has 0 bridgehead atoms. The van der Waals surface area contributed by atoms with Gasteiger partial charge in [0.05, 0.1) is 11.3 Å². The number of amides is 1. The maximum atomic E-state index is 13.4. The van der Waals surface area contributed by atoms with Gasteiger partial charge in [0.2, 0.25) is 0 Å². The van der Waals surface area contributed by atoms with E-state index in [4.69, 9.17) is 12.2 Å². The average Bonchev–Trinajstić information content (AvgIpc) is 3.26. The third-order valence-corrected chi connectivity index (χ3v) is 5.74. The standard InChI is InChI=1S/C23H23FN4O2S/c24-18-10-8-17(9-11-18)21-20(14-28(26-21)19-6-2-1-3-7-19)22(30)25-23(31)27-12-4-5-16(13-27)15-29/h1-3,6-11,14,16,29H,4-5,12-13,15H2,(H,25,30,31)/t16-/m1/s1. The van der Waals surface area contributed by atoms with Crippen molar-refractivity contribution < 1.29 is 14.3 Å². The zero-order chi connectivity index (χ0) is 21.8. The van der Waals surface area contributed by atoms with Gasteiger partial charge in [0.15, 0.2) is 5.11 Å². The van der Waals surface area contributed by atoms with Crippen LogP contribution < -0.4 is 5.32 Å². The summed E-state index contributed by atoms with van der Waals surface area (Å²) in [5, 5.41) is 17.2.